The molecule has 0 saturated heterocycles. The van der Waals surface area contributed by atoms with Crippen LogP contribution in [0.2, 0.25) is 0 Å². The molecule has 4 rings (SSSR count). The van der Waals surface area contributed by atoms with Crippen LogP contribution in [0.4, 0.5) is 4.79 Å². The molecule has 6 heteroatoms. The van der Waals surface area contributed by atoms with E-state index in [1.807, 2.05) is 48.5 Å². The summed E-state index contributed by atoms with van der Waals surface area (Å²) >= 11 is 0. The van der Waals surface area contributed by atoms with Gasteiger partial charge in [0.25, 0.3) is 0 Å². The van der Waals surface area contributed by atoms with Crippen molar-refractivity contribution in [1.82, 2.24) is 5.32 Å². The van der Waals surface area contributed by atoms with Crippen LogP contribution >= 0.6 is 0 Å². The topological polar surface area (TPSA) is 73.9 Å². The summed E-state index contributed by atoms with van der Waals surface area (Å²) in [5, 5.41) is 2.72. The Hall–Kier alpha value is -3.80. The average molecular weight is 474 g/mol. The molecule has 0 fully saturated rings. The number of nitrogens with one attached hydrogen (secondary N) is 1. The highest BCUT2D eigenvalue weighted by Crippen LogP contribution is 2.44. The molecule has 1 aliphatic rings. The van der Waals surface area contributed by atoms with Gasteiger partial charge in [-0.1, -0.05) is 60.7 Å². The third-order valence-electron chi connectivity index (χ3n) is 5.90. The number of fused-ring (bicyclic) bond motifs is 3. The Morgan fingerprint density at radius 1 is 0.914 bits per heavy atom. The highest BCUT2D eigenvalue weighted by molar-refractivity contribution is 5.82. The van der Waals surface area contributed by atoms with Crippen LogP contribution in [0.15, 0.2) is 72.8 Å². The van der Waals surface area contributed by atoms with Crippen molar-refractivity contribution in [3.8, 4) is 16.9 Å². The number of alkyl carbamates (subject to hydrolysis) is 1. The molecule has 0 bridgehead atoms. The van der Waals surface area contributed by atoms with Gasteiger partial charge in [-0.25, -0.2) is 9.59 Å². The molecule has 0 saturated carbocycles. The minimum absolute atomic E-state index is 0.0634. The first-order valence-electron chi connectivity index (χ1n) is 11.7. The molecule has 1 N–H and O–H groups in total. The summed E-state index contributed by atoms with van der Waals surface area (Å²) in [4.78, 5) is 25.8. The maximum absolute atomic E-state index is 12.9. The molecule has 0 aliphatic heterocycles. The lowest BCUT2D eigenvalue weighted by Crippen LogP contribution is -2.46. The van der Waals surface area contributed by atoms with E-state index in [9.17, 15) is 9.59 Å². The number of rotatable bonds is 7. The lowest BCUT2D eigenvalue weighted by Gasteiger charge is -2.25. The molecular formula is C29H31NO5. The van der Waals surface area contributed by atoms with Gasteiger partial charge < -0.3 is 19.5 Å². The summed E-state index contributed by atoms with van der Waals surface area (Å²) in [6.07, 6.45) is -0.415. The fourth-order valence-electron chi connectivity index (χ4n) is 4.38. The van der Waals surface area contributed by atoms with Crippen molar-refractivity contribution < 1.29 is 23.8 Å². The van der Waals surface area contributed by atoms with Crippen LogP contribution in [-0.4, -0.2) is 37.4 Å². The Kier molecular flexibility index (Phi) is 7.10. The van der Waals surface area contributed by atoms with E-state index in [0.29, 0.717) is 5.75 Å². The molecule has 0 spiro atoms. The Morgan fingerprint density at radius 2 is 1.54 bits per heavy atom. The second-order valence-electron chi connectivity index (χ2n) is 9.61. The zero-order chi connectivity index (χ0) is 25.0. The zero-order valence-electron chi connectivity index (χ0n) is 20.5. The second kappa shape index (κ2) is 10.2. The summed E-state index contributed by atoms with van der Waals surface area (Å²) in [5.74, 6) is 0.0897. The average Bonchev–Trinajstić information content (AvgIpc) is 3.15. The molecule has 6 nitrogen and oxygen atoms in total. The first kappa shape index (κ1) is 24.3. The van der Waals surface area contributed by atoms with Crippen LogP contribution in [0, 0.1) is 0 Å². The number of hydrogen-bond donors (Lipinski definition) is 1. The van der Waals surface area contributed by atoms with Gasteiger partial charge in [0.2, 0.25) is 0 Å². The normalized spacial score (nSPS) is 13.4. The number of amides is 1. The van der Waals surface area contributed by atoms with Crippen LogP contribution < -0.4 is 10.1 Å². The van der Waals surface area contributed by atoms with Crippen LogP contribution in [-0.2, 0) is 20.7 Å². The van der Waals surface area contributed by atoms with Crippen molar-refractivity contribution in [2.45, 2.75) is 44.8 Å². The Morgan fingerprint density at radius 3 is 2.14 bits per heavy atom. The summed E-state index contributed by atoms with van der Waals surface area (Å²) in [6.45, 7) is 5.54. The number of hydrogen-bond acceptors (Lipinski definition) is 5. The number of esters is 1. The van der Waals surface area contributed by atoms with Crippen molar-refractivity contribution >= 4 is 12.1 Å². The van der Waals surface area contributed by atoms with Crippen LogP contribution in [0.5, 0.6) is 5.75 Å². The van der Waals surface area contributed by atoms with Crippen LogP contribution in [0.25, 0.3) is 11.1 Å². The predicted molar refractivity (Wildman–Crippen MR) is 135 cm³/mol. The maximum atomic E-state index is 12.9. The van der Waals surface area contributed by atoms with E-state index in [1.165, 1.54) is 0 Å². The fourth-order valence-corrected chi connectivity index (χ4v) is 4.38. The number of benzene rings is 3. The largest absolute Gasteiger partial charge is 0.497 e. The highest BCUT2D eigenvalue weighted by Gasteiger charge is 2.31. The molecular weight excluding hydrogens is 442 g/mol. The molecule has 0 heterocycles. The van der Waals surface area contributed by atoms with E-state index >= 15 is 0 Å². The molecule has 3 aromatic rings. The third-order valence-corrected chi connectivity index (χ3v) is 5.90. The molecule has 35 heavy (non-hydrogen) atoms. The van der Waals surface area contributed by atoms with Gasteiger partial charge in [-0.2, -0.15) is 0 Å². The minimum atomic E-state index is -0.906. The maximum Gasteiger partial charge on any atom is 0.407 e. The van der Waals surface area contributed by atoms with E-state index < -0.39 is 23.7 Å². The van der Waals surface area contributed by atoms with E-state index in [2.05, 4.69) is 29.6 Å². The van der Waals surface area contributed by atoms with Gasteiger partial charge in [-0.15, -0.1) is 0 Å². The second-order valence-corrected chi connectivity index (χ2v) is 9.61. The monoisotopic (exact) mass is 473 g/mol. The van der Waals surface area contributed by atoms with Crippen molar-refractivity contribution in [2.75, 3.05) is 13.7 Å². The molecule has 3 aromatic carbocycles. The Labute approximate surface area is 206 Å². The molecule has 1 unspecified atom stereocenters. The van der Waals surface area contributed by atoms with Crippen molar-refractivity contribution in [1.29, 1.82) is 0 Å². The zero-order valence-corrected chi connectivity index (χ0v) is 20.5. The number of carbonyl (C=O) groups is 2. The SMILES string of the molecule is COc1cccc(CC(NC(=O)OCC2c3ccccc3-c3ccccc32)C(=O)OC(C)(C)C)c1. The quantitative estimate of drug-likeness (QED) is 0.460. The smallest absolute Gasteiger partial charge is 0.407 e. The van der Waals surface area contributed by atoms with Gasteiger partial charge in [0.15, 0.2) is 0 Å². The Balaban J connectivity index is 1.47. The van der Waals surface area contributed by atoms with Crippen molar-refractivity contribution in [2.24, 2.45) is 0 Å². The standard InChI is InChI=1S/C29H31NO5/c1-29(2,3)35-27(31)26(17-19-10-9-11-20(16-19)33-4)30-28(32)34-18-25-23-14-7-5-12-21(23)22-13-6-8-15-24(22)25/h5-16,25-26H,17-18H2,1-4H3,(H,30,32). The molecule has 1 aliphatic carbocycles. The third kappa shape index (κ3) is 5.83. The van der Waals surface area contributed by atoms with Gasteiger partial charge in [0, 0.05) is 12.3 Å². The van der Waals surface area contributed by atoms with E-state index in [1.54, 1.807) is 27.9 Å². The van der Waals surface area contributed by atoms with Crippen molar-refractivity contribution in [3.05, 3.63) is 89.5 Å². The first-order valence-corrected chi connectivity index (χ1v) is 11.7. The molecule has 1 amide bonds. The van der Waals surface area contributed by atoms with Crippen LogP contribution in [0.3, 0.4) is 0 Å². The van der Waals surface area contributed by atoms with E-state index in [0.717, 1.165) is 27.8 Å². The molecule has 1 atom stereocenters. The number of carbonyl (C=O) groups excluding carboxylic acids is 2. The molecule has 182 valence electrons. The Bertz CT molecular complexity index is 1170. The van der Waals surface area contributed by atoms with E-state index in [4.69, 9.17) is 14.2 Å². The van der Waals surface area contributed by atoms with Gasteiger partial charge >= 0.3 is 12.1 Å². The number of ether oxygens (including phenoxy) is 3. The van der Waals surface area contributed by atoms with Gasteiger partial charge in [0.05, 0.1) is 7.11 Å². The lowest BCUT2D eigenvalue weighted by atomic mass is 9.98. The fraction of sp³-hybridized carbons (Fsp3) is 0.310. The predicted octanol–water partition coefficient (Wildman–Crippen LogP) is 5.49. The van der Waals surface area contributed by atoms with Crippen molar-refractivity contribution in [3.63, 3.8) is 0 Å². The van der Waals surface area contributed by atoms with Crippen LogP contribution in [0.1, 0.15) is 43.4 Å². The van der Waals surface area contributed by atoms with Gasteiger partial charge in [0.1, 0.15) is 24.0 Å². The first-order chi connectivity index (χ1) is 16.7. The highest BCUT2D eigenvalue weighted by atomic mass is 16.6. The molecule has 0 radical (unpaired) electrons. The summed E-state index contributed by atoms with van der Waals surface area (Å²) in [6, 6.07) is 22.8. The number of methoxy groups -OCH3 is 1. The minimum Gasteiger partial charge on any atom is -0.497 e. The summed E-state index contributed by atoms with van der Waals surface area (Å²) in [5.41, 5.74) is 4.71. The van der Waals surface area contributed by atoms with Gasteiger partial charge in [-0.05, 0) is 60.7 Å². The van der Waals surface area contributed by atoms with E-state index in [-0.39, 0.29) is 18.9 Å². The summed E-state index contributed by atoms with van der Waals surface area (Å²) < 4.78 is 16.5. The van der Waals surface area contributed by atoms with Gasteiger partial charge in [-0.3, -0.25) is 0 Å². The summed E-state index contributed by atoms with van der Waals surface area (Å²) in [7, 11) is 1.58. The molecule has 0 aromatic heterocycles. The lowest BCUT2D eigenvalue weighted by molar-refractivity contribution is -0.157.